The van der Waals surface area contributed by atoms with Crippen LogP contribution in [0.3, 0.4) is 0 Å². The molecule has 0 aliphatic carbocycles. The number of carbonyl (C=O) groups is 2. The van der Waals surface area contributed by atoms with Crippen molar-refractivity contribution >= 4 is 23.2 Å². The lowest BCUT2D eigenvalue weighted by Crippen LogP contribution is -2.36. The molecule has 0 radical (unpaired) electrons. The third kappa shape index (κ3) is 5.43. The summed E-state index contributed by atoms with van der Waals surface area (Å²) in [5, 5.41) is 5.48. The van der Waals surface area contributed by atoms with Crippen LogP contribution < -0.4 is 15.5 Å². The zero-order valence-electron chi connectivity index (χ0n) is 19.6. The Morgan fingerprint density at radius 2 is 1.55 bits per heavy atom. The van der Waals surface area contributed by atoms with Crippen molar-refractivity contribution in [3.63, 3.8) is 0 Å². The van der Waals surface area contributed by atoms with Crippen molar-refractivity contribution in [1.82, 2.24) is 5.32 Å². The predicted octanol–water partition coefficient (Wildman–Crippen LogP) is 4.47. The molecule has 2 amide bonds. The maximum atomic E-state index is 12.3. The number of hydrogen-bond donors (Lipinski definition) is 2. The third-order valence-electron chi connectivity index (χ3n) is 6.25. The average molecular weight is 442 g/mol. The van der Waals surface area contributed by atoms with Gasteiger partial charge in [-0.1, -0.05) is 54.1 Å². The van der Waals surface area contributed by atoms with E-state index >= 15 is 0 Å². The zero-order valence-corrected chi connectivity index (χ0v) is 19.6. The highest BCUT2D eigenvalue weighted by Crippen LogP contribution is 2.25. The normalized spacial score (nSPS) is 12.8. The molecule has 3 aromatic rings. The molecule has 1 aliphatic heterocycles. The topological polar surface area (TPSA) is 61.4 Å². The minimum atomic E-state index is -0.634. The van der Waals surface area contributed by atoms with Gasteiger partial charge in [0.2, 0.25) is 0 Å². The number of hydrogen-bond acceptors (Lipinski definition) is 3. The summed E-state index contributed by atoms with van der Waals surface area (Å²) in [5.74, 6) is -1.25. The number of amides is 2. The number of anilines is 2. The van der Waals surface area contributed by atoms with Gasteiger partial charge in [0.1, 0.15) is 0 Å². The molecule has 0 spiro atoms. The number of nitrogens with zero attached hydrogens (tertiary/aromatic N) is 1. The minimum absolute atomic E-state index is 0.411. The van der Waals surface area contributed by atoms with Crippen molar-refractivity contribution in [3.05, 3.63) is 94.0 Å². The van der Waals surface area contributed by atoms with Gasteiger partial charge in [-0.05, 0) is 73.6 Å². The first kappa shape index (κ1) is 22.6. The first-order valence-electron chi connectivity index (χ1n) is 11.5. The Labute approximate surface area is 195 Å². The van der Waals surface area contributed by atoms with E-state index < -0.39 is 11.8 Å². The Kier molecular flexibility index (Phi) is 6.78. The maximum Gasteiger partial charge on any atom is 0.313 e. The van der Waals surface area contributed by atoms with Crippen molar-refractivity contribution in [2.45, 2.75) is 40.2 Å². The van der Waals surface area contributed by atoms with E-state index in [9.17, 15) is 9.59 Å². The van der Waals surface area contributed by atoms with E-state index in [1.165, 1.54) is 16.8 Å². The van der Waals surface area contributed by atoms with Gasteiger partial charge in [-0.15, -0.1) is 0 Å². The fourth-order valence-corrected chi connectivity index (χ4v) is 4.54. The molecule has 1 aliphatic rings. The molecule has 1 heterocycles. The van der Waals surface area contributed by atoms with Gasteiger partial charge >= 0.3 is 11.8 Å². The molecule has 5 heteroatoms. The molecule has 0 fully saturated rings. The van der Waals surface area contributed by atoms with Crippen LogP contribution in [0.2, 0.25) is 0 Å². The Bertz CT molecular complexity index is 1150. The molecule has 170 valence electrons. The van der Waals surface area contributed by atoms with Crippen LogP contribution in [0.1, 0.15) is 33.4 Å². The number of fused-ring (bicyclic) bond motifs is 1. The molecule has 4 rings (SSSR count). The maximum absolute atomic E-state index is 12.3. The molecule has 0 bridgehead atoms. The van der Waals surface area contributed by atoms with E-state index in [0.717, 1.165) is 41.8 Å². The van der Waals surface area contributed by atoms with Crippen molar-refractivity contribution in [2.75, 3.05) is 23.3 Å². The second-order valence-corrected chi connectivity index (χ2v) is 8.84. The monoisotopic (exact) mass is 441 g/mol. The molecule has 0 saturated heterocycles. The molecule has 0 saturated carbocycles. The highest BCUT2D eigenvalue weighted by molar-refractivity contribution is 6.39. The van der Waals surface area contributed by atoms with E-state index in [4.69, 9.17) is 0 Å². The van der Waals surface area contributed by atoms with Crippen molar-refractivity contribution in [2.24, 2.45) is 0 Å². The SMILES string of the molecule is Cc1cc(C)c(NC(=O)C(=O)NCCc2ccc(N3CCc4ccccc4C3)cc2)c(C)c1. The van der Waals surface area contributed by atoms with E-state index in [-0.39, 0.29) is 0 Å². The molecular formula is C28H31N3O2. The highest BCUT2D eigenvalue weighted by atomic mass is 16.2. The molecular weight excluding hydrogens is 410 g/mol. The van der Waals surface area contributed by atoms with E-state index in [2.05, 4.69) is 64.1 Å². The second-order valence-electron chi connectivity index (χ2n) is 8.84. The van der Waals surface area contributed by atoms with Gasteiger partial charge in [-0.25, -0.2) is 0 Å². The summed E-state index contributed by atoms with van der Waals surface area (Å²) in [4.78, 5) is 27.0. The Hall–Kier alpha value is -3.60. The summed E-state index contributed by atoms with van der Waals surface area (Å²) < 4.78 is 0. The summed E-state index contributed by atoms with van der Waals surface area (Å²) in [5.41, 5.74) is 8.90. The quantitative estimate of drug-likeness (QED) is 0.574. The van der Waals surface area contributed by atoms with Crippen LogP contribution in [0.15, 0.2) is 60.7 Å². The molecule has 0 aromatic heterocycles. The lowest BCUT2D eigenvalue weighted by Gasteiger charge is -2.30. The number of benzene rings is 3. The summed E-state index contributed by atoms with van der Waals surface area (Å²) in [6, 6.07) is 21.1. The van der Waals surface area contributed by atoms with Crippen LogP contribution in [0, 0.1) is 20.8 Å². The van der Waals surface area contributed by atoms with Gasteiger partial charge in [0, 0.05) is 31.0 Å². The number of rotatable bonds is 5. The van der Waals surface area contributed by atoms with Crippen LogP contribution in [-0.2, 0) is 29.0 Å². The summed E-state index contributed by atoms with van der Waals surface area (Å²) in [6.07, 6.45) is 1.73. The predicted molar refractivity (Wildman–Crippen MR) is 134 cm³/mol. The largest absolute Gasteiger partial charge is 0.367 e. The van der Waals surface area contributed by atoms with E-state index in [0.29, 0.717) is 18.7 Å². The Balaban J connectivity index is 1.27. The first-order chi connectivity index (χ1) is 15.9. The summed E-state index contributed by atoms with van der Waals surface area (Å²) in [6.45, 7) is 8.23. The lowest BCUT2D eigenvalue weighted by molar-refractivity contribution is -0.136. The van der Waals surface area contributed by atoms with Gasteiger partial charge in [-0.2, -0.15) is 0 Å². The number of nitrogens with one attached hydrogen (secondary N) is 2. The molecule has 3 aromatic carbocycles. The van der Waals surface area contributed by atoms with Crippen LogP contribution in [0.25, 0.3) is 0 Å². The van der Waals surface area contributed by atoms with Crippen molar-refractivity contribution in [1.29, 1.82) is 0 Å². The zero-order chi connectivity index (χ0) is 23.4. The van der Waals surface area contributed by atoms with Gasteiger partial charge in [0.25, 0.3) is 0 Å². The van der Waals surface area contributed by atoms with Crippen LogP contribution in [0.4, 0.5) is 11.4 Å². The first-order valence-corrected chi connectivity index (χ1v) is 11.5. The van der Waals surface area contributed by atoms with Gasteiger partial charge in [0.15, 0.2) is 0 Å². The minimum Gasteiger partial charge on any atom is -0.367 e. The smallest absolute Gasteiger partial charge is 0.313 e. The van der Waals surface area contributed by atoms with Crippen molar-refractivity contribution in [3.8, 4) is 0 Å². The second kappa shape index (κ2) is 9.90. The highest BCUT2D eigenvalue weighted by Gasteiger charge is 2.17. The standard InChI is InChI=1S/C28H31N3O2/c1-19-16-20(2)26(21(3)17-19)30-28(33)27(32)29-14-12-22-8-10-25(11-9-22)31-15-13-23-6-4-5-7-24(23)18-31/h4-11,16-17H,12-15,18H2,1-3H3,(H,29,32)(H,30,33). The van der Waals surface area contributed by atoms with Crippen LogP contribution in [-0.4, -0.2) is 24.9 Å². The van der Waals surface area contributed by atoms with Crippen LogP contribution in [0.5, 0.6) is 0 Å². The molecule has 0 atom stereocenters. The van der Waals surface area contributed by atoms with E-state index in [1.807, 2.05) is 32.9 Å². The van der Waals surface area contributed by atoms with Gasteiger partial charge < -0.3 is 15.5 Å². The summed E-state index contributed by atoms with van der Waals surface area (Å²) in [7, 11) is 0. The fourth-order valence-electron chi connectivity index (χ4n) is 4.54. The average Bonchev–Trinajstić information content (AvgIpc) is 2.81. The third-order valence-corrected chi connectivity index (χ3v) is 6.25. The Morgan fingerprint density at radius 3 is 2.24 bits per heavy atom. The molecule has 5 nitrogen and oxygen atoms in total. The molecule has 2 N–H and O–H groups in total. The Morgan fingerprint density at radius 1 is 0.879 bits per heavy atom. The lowest BCUT2D eigenvalue weighted by atomic mass is 9.99. The number of aryl methyl sites for hydroxylation is 3. The van der Waals surface area contributed by atoms with Gasteiger partial charge in [0.05, 0.1) is 0 Å². The van der Waals surface area contributed by atoms with Crippen molar-refractivity contribution < 1.29 is 9.59 Å². The van der Waals surface area contributed by atoms with Gasteiger partial charge in [-0.3, -0.25) is 9.59 Å². The van der Waals surface area contributed by atoms with E-state index in [1.54, 1.807) is 0 Å². The molecule has 0 unspecified atom stereocenters. The number of carbonyl (C=O) groups excluding carboxylic acids is 2. The molecule has 33 heavy (non-hydrogen) atoms. The van der Waals surface area contributed by atoms with Crippen LogP contribution >= 0.6 is 0 Å². The fraction of sp³-hybridized carbons (Fsp3) is 0.286. The summed E-state index contributed by atoms with van der Waals surface area (Å²) >= 11 is 0.